The number of piperazine rings is 1. The van der Waals surface area contributed by atoms with Crippen molar-refractivity contribution in [3.8, 4) is 5.75 Å². The molecular weight excluding hydrogens is 442 g/mol. The summed E-state index contributed by atoms with van der Waals surface area (Å²) in [6, 6.07) is 7.35. The lowest BCUT2D eigenvalue weighted by atomic mass is 9.90. The van der Waals surface area contributed by atoms with Crippen molar-refractivity contribution in [1.82, 2.24) is 24.3 Å². The molecule has 0 radical (unpaired) electrons. The second kappa shape index (κ2) is 11.0. The molecule has 2 aliphatic rings. The molecule has 2 aromatic rings. The molecule has 2 fully saturated rings. The minimum atomic E-state index is -0.141. The molecule has 4 rings (SSSR count). The molecule has 2 aliphatic heterocycles. The van der Waals surface area contributed by atoms with Crippen LogP contribution in [0.25, 0.3) is 0 Å². The Morgan fingerprint density at radius 3 is 2.67 bits per heavy atom. The van der Waals surface area contributed by atoms with Gasteiger partial charge in [0.1, 0.15) is 11.9 Å². The Kier molecular flexibility index (Phi) is 7.88. The Hall–Kier alpha value is -2.58. The summed E-state index contributed by atoms with van der Waals surface area (Å²) >= 11 is 6.13. The number of hydrogen-bond donors (Lipinski definition) is 0. The normalized spacial score (nSPS) is 21.8. The van der Waals surface area contributed by atoms with Gasteiger partial charge in [-0.15, -0.1) is 0 Å². The molecule has 2 atom stereocenters. The van der Waals surface area contributed by atoms with Crippen LogP contribution in [-0.4, -0.2) is 88.5 Å². The number of imidazole rings is 1. The summed E-state index contributed by atoms with van der Waals surface area (Å²) in [4.78, 5) is 36.1. The van der Waals surface area contributed by atoms with E-state index in [9.17, 15) is 9.59 Å². The van der Waals surface area contributed by atoms with E-state index in [0.717, 1.165) is 26.2 Å². The first kappa shape index (κ1) is 23.6. The minimum Gasteiger partial charge on any atom is -0.490 e. The fourth-order valence-electron chi connectivity index (χ4n) is 4.51. The number of amides is 2. The van der Waals surface area contributed by atoms with E-state index in [0.29, 0.717) is 49.7 Å². The van der Waals surface area contributed by atoms with Gasteiger partial charge in [-0.25, -0.2) is 4.98 Å². The summed E-state index contributed by atoms with van der Waals surface area (Å²) in [5, 5.41) is 0.615. The lowest BCUT2D eigenvalue weighted by molar-refractivity contribution is -0.140. The van der Waals surface area contributed by atoms with Crippen molar-refractivity contribution in [2.45, 2.75) is 31.9 Å². The third-order valence-corrected chi connectivity index (χ3v) is 6.77. The van der Waals surface area contributed by atoms with Crippen LogP contribution in [0.3, 0.4) is 0 Å². The Morgan fingerprint density at radius 1 is 1.12 bits per heavy atom. The number of aromatic nitrogens is 2. The molecule has 2 amide bonds. The highest BCUT2D eigenvalue weighted by Gasteiger charge is 2.35. The highest BCUT2D eigenvalue weighted by atomic mass is 35.5. The number of hydrogen-bond acceptors (Lipinski definition) is 5. The van der Waals surface area contributed by atoms with Gasteiger partial charge in [0.2, 0.25) is 11.8 Å². The number of likely N-dealkylation sites (N-methyl/N-ethyl adjacent to an activating group) is 1. The molecule has 1 aromatic heterocycles. The smallest absolute Gasteiger partial charge is 0.224 e. The first-order valence-electron chi connectivity index (χ1n) is 11.6. The number of likely N-dealkylation sites (tertiary alicyclic amines) is 1. The molecule has 0 aliphatic carbocycles. The van der Waals surface area contributed by atoms with Crippen molar-refractivity contribution in [1.29, 1.82) is 0 Å². The van der Waals surface area contributed by atoms with Crippen molar-refractivity contribution in [2.75, 3.05) is 46.3 Å². The zero-order valence-corrected chi connectivity index (χ0v) is 19.9. The highest BCUT2D eigenvalue weighted by Crippen LogP contribution is 2.28. The van der Waals surface area contributed by atoms with Crippen molar-refractivity contribution in [2.24, 2.45) is 5.92 Å². The van der Waals surface area contributed by atoms with Gasteiger partial charge in [0, 0.05) is 88.4 Å². The van der Waals surface area contributed by atoms with E-state index in [2.05, 4.69) is 16.9 Å². The minimum absolute atomic E-state index is 0.0675. The van der Waals surface area contributed by atoms with E-state index < -0.39 is 0 Å². The Labute approximate surface area is 200 Å². The predicted molar refractivity (Wildman–Crippen MR) is 126 cm³/mol. The molecule has 33 heavy (non-hydrogen) atoms. The maximum atomic E-state index is 13.1. The third kappa shape index (κ3) is 6.48. The average molecular weight is 474 g/mol. The Balaban J connectivity index is 1.41. The van der Waals surface area contributed by atoms with Gasteiger partial charge in [-0.3, -0.25) is 9.59 Å². The van der Waals surface area contributed by atoms with Crippen molar-refractivity contribution in [3.63, 3.8) is 0 Å². The van der Waals surface area contributed by atoms with Crippen LogP contribution in [0.2, 0.25) is 5.02 Å². The summed E-state index contributed by atoms with van der Waals surface area (Å²) in [7, 11) is 2.07. The van der Waals surface area contributed by atoms with Crippen LogP contribution in [0.1, 0.15) is 19.3 Å². The largest absolute Gasteiger partial charge is 0.490 e. The molecule has 0 spiro atoms. The predicted octanol–water partition coefficient (Wildman–Crippen LogP) is 2.39. The molecule has 0 saturated carbocycles. The van der Waals surface area contributed by atoms with Crippen LogP contribution in [0.4, 0.5) is 0 Å². The van der Waals surface area contributed by atoms with Gasteiger partial charge in [0.05, 0.1) is 6.33 Å². The number of rotatable bonds is 7. The fraction of sp³-hybridized carbons (Fsp3) is 0.542. The van der Waals surface area contributed by atoms with Gasteiger partial charge < -0.3 is 24.0 Å². The zero-order valence-electron chi connectivity index (χ0n) is 19.1. The molecule has 0 N–H and O–H groups in total. The van der Waals surface area contributed by atoms with Crippen molar-refractivity contribution < 1.29 is 14.3 Å². The summed E-state index contributed by atoms with van der Waals surface area (Å²) in [5.41, 5.74) is 0. The van der Waals surface area contributed by atoms with Gasteiger partial charge in [0.15, 0.2) is 0 Å². The molecule has 9 heteroatoms. The number of carbonyl (C=O) groups is 2. The number of benzene rings is 1. The number of halogens is 1. The standard InChI is InChI=1S/C24H32ClN5O3/c1-27-11-13-29(14-12-27)24(32)15-19-17-30(23(31)6-8-28-10-7-26-18-28)9-5-22(19)33-21-4-2-3-20(25)16-21/h2-4,7,10,16,18-19,22H,5-6,8-9,11-15,17H2,1H3/t19-,22-/m0/s1. The molecule has 1 aromatic carbocycles. The van der Waals surface area contributed by atoms with E-state index in [1.165, 1.54) is 0 Å². The third-order valence-electron chi connectivity index (χ3n) is 6.54. The molecule has 178 valence electrons. The van der Waals surface area contributed by atoms with Crippen LogP contribution >= 0.6 is 11.6 Å². The Bertz CT molecular complexity index is 930. The second-order valence-corrected chi connectivity index (χ2v) is 9.38. The first-order chi connectivity index (χ1) is 16.0. The zero-order chi connectivity index (χ0) is 23.2. The molecular formula is C24H32ClN5O3. The topological polar surface area (TPSA) is 70.9 Å². The van der Waals surface area contributed by atoms with Crippen LogP contribution in [0.5, 0.6) is 5.75 Å². The molecule has 2 saturated heterocycles. The van der Waals surface area contributed by atoms with Crippen molar-refractivity contribution >= 4 is 23.4 Å². The van der Waals surface area contributed by atoms with E-state index in [1.54, 1.807) is 18.6 Å². The maximum absolute atomic E-state index is 13.1. The number of ether oxygens (including phenoxy) is 1. The summed E-state index contributed by atoms with van der Waals surface area (Å²) < 4.78 is 8.19. The monoisotopic (exact) mass is 473 g/mol. The fourth-order valence-corrected chi connectivity index (χ4v) is 4.69. The van der Waals surface area contributed by atoms with Crippen LogP contribution in [-0.2, 0) is 16.1 Å². The van der Waals surface area contributed by atoms with E-state index in [4.69, 9.17) is 16.3 Å². The first-order valence-corrected chi connectivity index (χ1v) is 12.0. The van der Waals surface area contributed by atoms with Gasteiger partial charge in [0.25, 0.3) is 0 Å². The lowest BCUT2D eigenvalue weighted by Crippen LogP contribution is -2.51. The summed E-state index contributed by atoms with van der Waals surface area (Å²) in [6.45, 7) is 5.00. The number of carbonyl (C=O) groups excluding carboxylic acids is 2. The van der Waals surface area contributed by atoms with E-state index >= 15 is 0 Å². The Morgan fingerprint density at radius 2 is 1.94 bits per heavy atom. The van der Waals surface area contributed by atoms with Crippen LogP contribution in [0, 0.1) is 5.92 Å². The summed E-state index contributed by atoms with van der Waals surface area (Å²) in [5.74, 6) is 0.869. The van der Waals surface area contributed by atoms with Crippen molar-refractivity contribution in [3.05, 3.63) is 48.0 Å². The number of nitrogens with zero attached hydrogens (tertiary/aromatic N) is 5. The quantitative estimate of drug-likeness (QED) is 0.617. The average Bonchev–Trinajstić information content (AvgIpc) is 3.33. The van der Waals surface area contributed by atoms with Gasteiger partial charge in [-0.2, -0.15) is 0 Å². The SMILES string of the molecule is CN1CCN(C(=O)C[C@H]2CN(C(=O)CCn3ccnc3)CC[C@@H]2Oc2cccc(Cl)c2)CC1. The van der Waals surface area contributed by atoms with Gasteiger partial charge in [-0.05, 0) is 25.2 Å². The van der Waals surface area contributed by atoms with Crippen LogP contribution in [0.15, 0.2) is 43.0 Å². The lowest BCUT2D eigenvalue weighted by Gasteiger charge is -2.40. The molecule has 3 heterocycles. The van der Waals surface area contributed by atoms with E-state index in [1.807, 2.05) is 38.8 Å². The van der Waals surface area contributed by atoms with Crippen LogP contribution < -0.4 is 4.74 Å². The number of piperidine rings is 1. The molecule has 0 unspecified atom stereocenters. The highest BCUT2D eigenvalue weighted by molar-refractivity contribution is 6.30. The molecule has 0 bridgehead atoms. The van der Waals surface area contributed by atoms with Gasteiger partial charge >= 0.3 is 0 Å². The summed E-state index contributed by atoms with van der Waals surface area (Å²) in [6.07, 6.45) is 6.62. The van der Waals surface area contributed by atoms with Gasteiger partial charge in [-0.1, -0.05) is 17.7 Å². The molecule has 8 nitrogen and oxygen atoms in total. The number of aryl methyl sites for hydroxylation is 1. The second-order valence-electron chi connectivity index (χ2n) is 8.94. The van der Waals surface area contributed by atoms with E-state index in [-0.39, 0.29) is 23.8 Å². The maximum Gasteiger partial charge on any atom is 0.224 e.